The van der Waals surface area contributed by atoms with E-state index in [0.717, 1.165) is 10.0 Å². The van der Waals surface area contributed by atoms with Gasteiger partial charge in [0.25, 0.3) is 5.91 Å². The molecular formula is C15H13BrCl2N2O. The number of carbonyl (C=O) groups is 1. The van der Waals surface area contributed by atoms with Gasteiger partial charge < -0.3 is 10.6 Å². The molecule has 1 amide bonds. The van der Waals surface area contributed by atoms with E-state index in [-0.39, 0.29) is 21.6 Å². The van der Waals surface area contributed by atoms with Crippen LogP contribution in [0.1, 0.15) is 15.9 Å². The standard InChI is InChI=1S/C15H13BrCl2N2O/c1-20(8-9-2-4-11(16)5-3-9)15(21)10-6-12(17)14(19)13(18)7-10/h2-7H,8,19H2,1H3. The second-order valence-corrected chi connectivity index (χ2v) is 6.37. The summed E-state index contributed by atoms with van der Waals surface area (Å²) in [6.07, 6.45) is 0. The molecule has 0 fully saturated rings. The highest BCUT2D eigenvalue weighted by molar-refractivity contribution is 9.10. The predicted octanol–water partition coefficient (Wildman–Crippen LogP) is 4.61. The third-order valence-electron chi connectivity index (χ3n) is 3.01. The van der Waals surface area contributed by atoms with Gasteiger partial charge in [-0.25, -0.2) is 0 Å². The van der Waals surface area contributed by atoms with Gasteiger partial charge in [-0.15, -0.1) is 0 Å². The molecule has 0 bridgehead atoms. The van der Waals surface area contributed by atoms with Crippen LogP contribution in [0.25, 0.3) is 0 Å². The van der Waals surface area contributed by atoms with Crippen molar-refractivity contribution in [2.24, 2.45) is 0 Å². The summed E-state index contributed by atoms with van der Waals surface area (Å²) in [5.41, 5.74) is 7.40. The minimum atomic E-state index is -0.165. The lowest BCUT2D eigenvalue weighted by Gasteiger charge is -2.18. The summed E-state index contributed by atoms with van der Waals surface area (Å²) in [6.45, 7) is 0.492. The van der Waals surface area contributed by atoms with Gasteiger partial charge in [-0.2, -0.15) is 0 Å². The lowest BCUT2D eigenvalue weighted by Crippen LogP contribution is -2.26. The van der Waals surface area contributed by atoms with E-state index in [0.29, 0.717) is 12.1 Å². The molecule has 0 aliphatic carbocycles. The second kappa shape index (κ2) is 6.69. The number of anilines is 1. The first-order valence-electron chi connectivity index (χ1n) is 6.13. The lowest BCUT2D eigenvalue weighted by atomic mass is 10.1. The maximum Gasteiger partial charge on any atom is 0.254 e. The molecule has 0 spiro atoms. The summed E-state index contributed by atoms with van der Waals surface area (Å²) in [4.78, 5) is 14.0. The Bertz CT molecular complexity index is 651. The Labute approximate surface area is 141 Å². The summed E-state index contributed by atoms with van der Waals surface area (Å²) in [5, 5.41) is 0.561. The van der Waals surface area contributed by atoms with Gasteiger partial charge in [-0.1, -0.05) is 51.3 Å². The second-order valence-electron chi connectivity index (χ2n) is 4.64. The van der Waals surface area contributed by atoms with Gasteiger partial charge in [0.15, 0.2) is 0 Å². The monoisotopic (exact) mass is 386 g/mol. The zero-order valence-electron chi connectivity index (χ0n) is 11.2. The number of nitrogens with two attached hydrogens (primary N) is 1. The van der Waals surface area contributed by atoms with Crippen molar-refractivity contribution in [3.63, 3.8) is 0 Å². The molecule has 0 aromatic heterocycles. The summed E-state index contributed by atoms with van der Waals surface area (Å²) < 4.78 is 0.998. The van der Waals surface area contributed by atoms with Crippen molar-refractivity contribution < 1.29 is 4.79 Å². The zero-order valence-corrected chi connectivity index (χ0v) is 14.3. The van der Waals surface area contributed by atoms with Gasteiger partial charge in [0.2, 0.25) is 0 Å². The summed E-state index contributed by atoms with van der Waals surface area (Å²) >= 11 is 15.3. The molecule has 0 radical (unpaired) electrons. The van der Waals surface area contributed by atoms with E-state index in [1.54, 1.807) is 11.9 Å². The molecule has 2 aromatic carbocycles. The van der Waals surface area contributed by atoms with Crippen LogP contribution >= 0.6 is 39.1 Å². The van der Waals surface area contributed by atoms with Gasteiger partial charge >= 0.3 is 0 Å². The molecule has 0 saturated carbocycles. The molecule has 2 rings (SSSR count). The number of hydrogen-bond acceptors (Lipinski definition) is 2. The van der Waals surface area contributed by atoms with Crippen LogP contribution in [-0.2, 0) is 6.54 Å². The predicted molar refractivity (Wildman–Crippen MR) is 90.8 cm³/mol. The quantitative estimate of drug-likeness (QED) is 0.781. The Balaban J connectivity index is 2.17. The minimum Gasteiger partial charge on any atom is -0.396 e. The Morgan fingerprint density at radius 1 is 1.19 bits per heavy atom. The number of rotatable bonds is 3. The highest BCUT2D eigenvalue weighted by Gasteiger charge is 2.15. The molecule has 0 heterocycles. The highest BCUT2D eigenvalue weighted by atomic mass is 79.9. The van der Waals surface area contributed by atoms with Crippen LogP contribution in [0.3, 0.4) is 0 Å². The van der Waals surface area contributed by atoms with Crippen molar-refractivity contribution in [3.05, 3.63) is 62.0 Å². The fraction of sp³-hybridized carbons (Fsp3) is 0.133. The van der Waals surface area contributed by atoms with Gasteiger partial charge in [0.05, 0.1) is 15.7 Å². The van der Waals surface area contributed by atoms with Crippen molar-refractivity contribution in [1.82, 2.24) is 4.90 Å². The summed E-state index contributed by atoms with van der Waals surface area (Å²) in [5.74, 6) is -0.165. The van der Waals surface area contributed by atoms with E-state index < -0.39 is 0 Å². The van der Waals surface area contributed by atoms with Gasteiger partial charge in [-0.3, -0.25) is 4.79 Å². The Hall–Kier alpha value is -1.23. The van der Waals surface area contributed by atoms with Crippen molar-refractivity contribution in [1.29, 1.82) is 0 Å². The molecule has 0 unspecified atom stereocenters. The van der Waals surface area contributed by atoms with E-state index in [4.69, 9.17) is 28.9 Å². The molecule has 2 N–H and O–H groups in total. The van der Waals surface area contributed by atoms with E-state index in [1.165, 1.54) is 12.1 Å². The Morgan fingerprint density at radius 3 is 2.24 bits per heavy atom. The number of carbonyl (C=O) groups excluding carboxylic acids is 1. The number of nitrogen functional groups attached to an aromatic ring is 1. The third kappa shape index (κ3) is 3.90. The first-order valence-corrected chi connectivity index (χ1v) is 7.68. The zero-order chi connectivity index (χ0) is 15.6. The smallest absolute Gasteiger partial charge is 0.254 e. The van der Waals surface area contributed by atoms with Gasteiger partial charge in [0, 0.05) is 23.6 Å². The molecule has 110 valence electrons. The number of halogens is 3. The van der Waals surface area contributed by atoms with E-state index >= 15 is 0 Å². The van der Waals surface area contributed by atoms with Crippen molar-refractivity contribution in [2.45, 2.75) is 6.54 Å². The Morgan fingerprint density at radius 2 is 1.71 bits per heavy atom. The first kappa shape index (κ1) is 16.1. The SMILES string of the molecule is CN(Cc1ccc(Br)cc1)C(=O)c1cc(Cl)c(N)c(Cl)c1. The fourth-order valence-electron chi connectivity index (χ4n) is 1.86. The number of hydrogen-bond donors (Lipinski definition) is 1. The third-order valence-corrected chi connectivity index (χ3v) is 4.16. The van der Waals surface area contributed by atoms with Crippen molar-refractivity contribution in [3.8, 4) is 0 Å². The number of amides is 1. The van der Waals surface area contributed by atoms with Gasteiger partial charge in [0.1, 0.15) is 0 Å². The maximum atomic E-state index is 12.4. The van der Waals surface area contributed by atoms with E-state index in [9.17, 15) is 4.79 Å². The van der Waals surface area contributed by atoms with Gasteiger partial charge in [-0.05, 0) is 29.8 Å². The molecule has 6 heteroatoms. The molecule has 0 saturated heterocycles. The fourth-order valence-corrected chi connectivity index (χ4v) is 2.62. The number of nitrogens with zero attached hydrogens (tertiary/aromatic N) is 1. The number of benzene rings is 2. The molecular weight excluding hydrogens is 375 g/mol. The van der Waals surface area contributed by atoms with Crippen LogP contribution in [-0.4, -0.2) is 17.9 Å². The van der Waals surface area contributed by atoms with Crippen LogP contribution in [0, 0.1) is 0 Å². The van der Waals surface area contributed by atoms with E-state index in [1.807, 2.05) is 24.3 Å². The molecule has 0 aliphatic heterocycles. The topological polar surface area (TPSA) is 46.3 Å². The Kier molecular flexibility index (Phi) is 5.14. The van der Waals surface area contributed by atoms with Crippen LogP contribution in [0.15, 0.2) is 40.9 Å². The first-order chi connectivity index (χ1) is 9.88. The van der Waals surface area contributed by atoms with Crippen LogP contribution in [0.2, 0.25) is 10.0 Å². The molecule has 3 nitrogen and oxygen atoms in total. The van der Waals surface area contributed by atoms with Crippen LogP contribution in [0.5, 0.6) is 0 Å². The van der Waals surface area contributed by atoms with Crippen molar-refractivity contribution in [2.75, 3.05) is 12.8 Å². The van der Waals surface area contributed by atoms with Crippen molar-refractivity contribution >= 4 is 50.7 Å². The van der Waals surface area contributed by atoms with E-state index in [2.05, 4.69) is 15.9 Å². The summed E-state index contributed by atoms with van der Waals surface area (Å²) in [6, 6.07) is 10.8. The van der Waals surface area contributed by atoms with Crippen LogP contribution in [0.4, 0.5) is 5.69 Å². The highest BCUT2D eigenvalue weighted by Crippen LogP contribution is 2.29. The van der Waals surface area contributed by atoms with Crippen LogP contribution < -0.4 is 5.73 Å². The maximum absolute atomic E-state index is 12.4. The molecule has 2 aromatic rings. The lowest BCUT2D eigenvalue weighted by molar-refractivity contribution is 0.0785. The average molecular weight is 388 g/mol. The normalized spacial score (nSPS) is 10.5. The molecule has 0 aliphatic rings. The average Bonchev–Trinajstić information content (AvgIpc) is 2.45. The largest absolute Gasteiger partial charge is 0.396 e. The molecule has 0 atom stereocenters. The molecule has 21 heavy (non-hydrogen) atoms. The summed E-state index contributed by atoms with van der Waals surface area (Å²) in [7, 11) is 1.72. The minimum absolute atomic E-state index is 0.165.